The van der Waals surface area contributed by atoms with Crippen LogP contribution in [0, 0.1) is 5.92 Å². The van der Waals surface area contributed by atoms with Crippen LogP contribution in [0.2, 0.25) is 0 Å². The van der Waals surface area contributed by atoms with Gasteiger partial charge in [0.2, 0.25) is 0 Å². The van der Waals surface area contributed by atoms with Crippen LogP contribution in [0.4, 0.5) is 0 Å². The zero-order valence-corrected chi connectivity index (χ0v) is 16.4. The van der Waals surface area contributed by atoms with Crippen molar-refractivity contribution in [3.05, 3.63) is 65.2 Å². The van der Waals surface area contributed by atoms with Gasteiger partial charge in [0.25, 0.3) is 5.56 Å². The molecule has 1 fully saturated rings. The van der Waals surface area contributed by atoms with Crippen LogP contribution in [0.1, 0.15) is 18.5 Å². The lowest BCUT2D eigenvalue weighted by Gasteiger charge is -2.31. The molecule has 8 nitrogen and oxygen atoms in total. The van der Waals surface area contributed by atoms with E-state index in [9.17, 15) is 4.79 Å². The van der Waals surface area contributed by atoms with Crippen LogP contribution in [0.15, 0.2) is 54.0 Å². The molecule has 0 amide bonds. The first-order valence-corrected chi connectivity index (χ1v) is 9.76. The topological polar surface area (TPSA) is 86.0 Å². The van der Waals surface area contributed by atoms with E-state index in [1.165, 1.54) is 0 Å². The SMILES string of the molecule is COc1nccc(CN2CCC(Cn3cnc(-c4cccnc4)cc3=O)CC2)n1. The van der Waals surface area contributed by atoms with Gasteiger partial charge in [-0.05, 0) is 50.0 Å². The van der Waals surface area contributed by atoms with E-state index in [1.807, 2.05) is 18.2 Å². The number of methoxy groups -OCH3 is 1. The third-order valence-electron chi connectivity index (χ3n) is 5.26. The Bertz CT molecular complexity index is 999. The number of ether oxygens (including phenoxy) is 1. The van der Waals surface area contributed by atoms with Crippen LogP contribution in [0.3, 0.4) is 0 Å². The Balaban J connectivity index is 1.33. The summed E-state index contributed by atoms with van der Waals surface area (Å²) < 4.78 is 6.81. The van der Waals surface area contributed by atoms with Crippen molar-refractivity contribution < 1.29 is 4.74 Å². The van der Waals surface area contributed by atoms with Gasteiger partial charge in [0, 0.05) is 43.3 Å². The highest BCUT2D eigenvalue weighted by Gasteiger charge is 2.20. The van der Waals surface area contributed by atoms with Crippen molar-refractivity contribution in [2.75, 3.05) is 20.2 Å². The third kappa shape index (κ3) is 4.83. The average Bonchev–Trinajstić information content (AvgIpc) is 2.77. The number of hydrogen-bond acceptors (Lipinski definition) is 7. The van der Waals surface area contributed by atoms with Gasteiger partial charge in [-0.15, -0.1) is 0 Å². The molecule has 8 heteroatoms. The molecule has 0 bridgehead atoms. The van der Waals surface area contributed by atoms with Gasteiger partial charge in [-0.1, -0.05) is 0 Å². The summed E-state index contributed by atoms with van der Waals surface area (Å²) in [6, 6.07) is 7.66. The van der Waals surface area contributed by atoms with Gasteiger partial charge < -0.3 is 4.74 Å². The van der Waals surface area contributed by atoms with E-state index in [4.69, 9.17) is 4.74 Å². The Morgan fingerprint density at radius 3 is 2.76 bits per heavy atom. The standard InChI is InChI=1S/C21H24N6O2/c1-29-21-23-8-4-18(25-21)14-26-9-5-16(6-10-26)13-27-15-24-19(11-20(27)28)17-3-2-7-22-12-17/h2-4,7-8,11-12,15-16H,5-6,9-10,13-14H2,1H3. The number of likely N-dealkylation sites (tertiary alicyclic amines) is 1. The van der Waals surface area contributed by atoms with Gasteiger partial charge in [0.1, 0.15) is 0 Å². The maximum atomic E-state index is 12.5. The van der Waals surface area contributed by atoms with E-state index >= 15 is 0 Å². The summed E-state index contributed by atoms with van der Waals surface area (Å²) in [7, 11) is 1.57. The van der Waals surface area contributed by atoms with Crippen LogP contribution >= 0.6 is 0 Å². The summed E-state index contributed by atoms with van der Waals surface area (Å²) in [4.78, 5) is 31.9. The quantitative estimate of drug-likeness (QED) is 0.634. The highest BCUT2D eigenvalue weighted by molar-refractivity contribution is 5.56. The lowest BCUT2D eigenvalue weighted by molar-refractivity contribution is 0.164. The lowest BCUT2D eigenvalue weighted by Crippen LogP contribution is -2.36. The molecule has 0 aromatic carbocycles. The summed E-state index contributed by atoms with van der Waals surface area (Å²) >= 11 is 0. The van der Waals surface area contributed by atoms with Crippen LogP contribution < -0.4 is 10.3 Å². The molecule has 3 aromatic heterocycles. The summed E-state index contributed by atoms with van der Waals surface area (Å²) in [5, 5.41) is 0. The van der Waals surface area contributed by atoms with Gasteiger partial charge >= 0.3 is 6.01 Å². The summed E-state index contributed by atoms with van der Waals surface area (Å²) in [6.07, 6.45) is 8.89. The molecule has 0 unspecified atom stereocenters. The van der Waals surface area contributed by atoms with Gasteiger partial charge in [0.05, 0.1) is 24.8 Å². The first-order chi connectivity index (χ1) is 14.2. The number of nitrogens with zero attached hydrogens (tertiary/aromatic N) is 6. The fourth-order valence-electron chi connectivity index (χ4n) is 3.63. The Kier molecular flexibility index (Phi) is 5.90. The smallest absolute Gasteiger partial charge is 0.316 e. The van der Waals surface area contributed by atoms with Crippen molar-refractivity contribution in [3.63, 3.8) is 0 Å². The molecule has 0 spiro atoms. The van der Waals surface area contributed by atoms with Crippen molar-refractivity contribution in [2.45, 2.75) is 25.9 Å². The molecule has 1 saturated heterocycles. The second kappa shape index (κ2) is 8.91. The number of aromatic nitrogens is 5. The average molecular weight is 392 g/mol. The Morgan fingerprint density at radius 2 is 2.03 bits per heavy atom. The van der Waals surface area contributed by atoms with Crippen molar-refractivity contribution in [1.29, 1.82) is 0 Å². The Labute approximate surface area is 169 Å². The van der Waals surface area contributed by atoms with Crippen LogP contribution in [0.25, 0.3) is 11.3 Å². The molecule has 0 N–H and O–H groups in total. The van der Waals surface area contributed by atoms with Crippen molar-refractivity contribution in [3.8, 4) is 17.3 Å². The summed E-state index contributed by atoms with van der Waals surface area (Å²) in [5.74, 6) is 0.468. The minimum atomic E-state index is -0.0191. The fraction of sp³-hybridized carbons (Fsp3) is 0.381. The minimum Gasteiger partial charge on any atom is -0.467 e. The highest BCUT2D eigenvalue weighted by Crippen LogP contribution is 2.20. The number of piperidine rings is 1. The first kappa shape index (κ1) is 19.2. The predicted molar refractivity (Wildman–Crippen MR) is 108 cm³/mol. The molecule has 1 aliphatic heterocycles. The number of rotatable bonds is 6. The molecule has 0 radical (unpaired) electrons. The molecule has 4 rings (SSSR count). The van der Waals surface area contributed by atoms with Crippen molar-refractivity contribution in [1.82, 2.24) is 29.4 Å². The molecule has 29 heavy (non-hydrogen) atoms. The largest absolute Gasteiger partial charge is 0.467 e. The zero-order valence-electron chi connectivity index (χ0n) is 16.4. The maximum Gasteiger partial charge on any atom is 0.316 e. The highest BCUT2D eigenvalue weighted by atomic mass is 16.5. The van der Waals surface area contributed by atoms with E-state index in [0.29, 0.717) is 24.2 Å². The molecule has 1 aliphatic rings. The van der Waals surface area contributed by atoms with Gasteiger partial charge in [-0.25, -0.2) is 9.97 Å². The van der Waals surface area contributed by atoms with E-state index in [0.717, 1.165) is 43.7 Å². The van der Waals surface area contributed by atoms with Gasteiger partial charge in [-0.2, -0.15) is 4.98 Å². The Hall–Kier alpha value is -3.13. The fourth-order valence-corrected chi connectivity index (χ4v) is 3.63. The molecular formula is C21H24N6O2. The molecule has 0 atom stereocenters. The second-order valence-electron chi connectivity index (χ2n) is 7.26. The minimum absolute atomic E-state index is 0.0191. The summed E-state index contributed by atoms with van der Waals surface area (Å²) in [6.45, 7) is 3.45. The third-order valence-corrected chi connectivity index (χ3v) is 5.26. The van der Waals surface area contributed by atoms with E-state index < -0.39 is 0 Å². The van der Waals surface area contributed by atoms with Crippen LogP contribution in [-0.4, -0.2) is 49.6 Å². The lowest BCUT2D eigenvalue weighted by atomic mass is 9.96. The van der Waals surface area contributed by atoms with E-state index in [-0.39, 0.29) is 5.56 Å². The van der Waals surface area contributed by atoms with Gasteiger partial charge in [0.15, 0.2) is 0 Å². The predicted octanol–water partition coefficient (Wildman–Crippen LogP) is 2.02. The van der Waals surface area contributed by atoms with Gasteiger partial charge in [-0.3, -0.25) is 19.2 Å². The van der Waals surface area contributed by atoms with Crippen LogP contribution in [0.5, 0.6) is 6.01 Å². The molecule has 4 heterocycles. The number of hydrogen-bond donors (Lipinski definition) is 0. The first-order valence-electron chi connectivity index (χ1n) is 9.76. The molecule has 0 saturated carbocycles. The maximum absolute atomic E-state index is 12.5. The molecule has 0 aliphatic carbocycles. The second-order valence-corrected chi connectivity index (χ2v) is 7.26. The van der Waals surface area contributed by atoms with E-state index in [1.54, 1.807) is 42.7 Å². The molecule has 150 valence electrons. The molecular weight excluding hydrogens is 368 g/mol. The van der Waals surface area contributed by atoms with Crippen molar-refractivity contribution in [2.24, 2.45) is 5.92 Å². The normalized spacial score (nSPS) is 15.3. The number of pyridine rings is 1. The van der Waals surface area contributed by atoms with Crippen LogP contribution in [-0.2, 0) is 13.1 Å². The van der Waals surface area contributed by atoms with Crippen molar-refractivity contribution >= 4 is 0 Å². The monoisotopic (exact) mass is 392 g/mol. The molecule has 3 aromatic rings. The van der Waals surface area contributed by atoms with E-state index in [2.05, 4.69) is 24.8 Å². The zero-order chi connectivity index (χ0) is 20.1. The summed E-state index contributed by atoms with van der Waals surface area (Å²) in [5.41, 5.74) is 2.46. The Morgan fingerprint density at radius 1 is 1.17 bits per heavy atom.